The van der Waals surface area contributed by atoms with Crippen LogP contribution in [-0.4, -0.2) is 29.7 Å². The second-order valence-electron chi connectivity index (χ2n) is 5.77. The number of nitrogens with one attached hydrogen (secondary N) is 1. The highest BCUT2D eigenvalue weighted by Gasteiger charge is 2.21. The molecule has 0 saturated carbocycles. The summed E-state index contributed by atoms with van der Waals surface area (Å²) in [5, 5.41) is 19.5. The minimum absolute atomic E-state index is 0.00162. The first-order valence-electron chi connectivity index (χ1n) is 7.97. The van der Waals surface area contributed by atoms with E-state index in [2.05, 4.69) is 25.4 Å². The Bertz CT molecular complexity index is 1160. The Labute approximate surface area is 152 Å². The van der Waals surface area contributed by atoms with Crippen molar-refractivity contribution in [1.82, 2.24) is 24.7 Å². The van der Waals surface area contributed by atoms with Gasteiger partial charge in [-0.05, 0) is 25.1 Å². The molecule has 27 heavy (non-hydrogen) atoms. The molecule has 4 aromatic rings. The standard InChI is InChI=1S/C17H14N8O2/c1-10-13-7-11(22-16-14(25(26)27)15(18)20-9-21-16)8-19-17(13)24(23-10)12-5-3-2-4-6-12/h2-9H,1H3,(H3,18,20,21,22). The molecule has 134 valence electrons. The molecule has 0 amide bonds. The molecule has 0 aliphatic heterocycles. The maximum atomic E-state index is 11.2. The largest absolute Gasteiger partial charge is 0.378 e. The van der Waals surface area contributed by atoms with Crippen molar-refractivity contribution in [3.8, 4) is 5.69 Å². The zero-order valence-electron chi connectivity index (χ0n) is 14.2. The van der Waals surface area contributed by atoms with Crippen LogP contribution in [0.1, 0.15) is 5.69 Å². The Kier molecular flexibility index (Phi) is 3.84. The number of hydrogen-bond acceptors (Lipinski definition) is 8. The van der Waals surface area contributed by atoms with Crippen LogP contribution in [0, 0.1) is 17.0 Å². The van der Waals surface area contributed by atoms with E-state index in [4.69, 9.17) is 5.73 Å². The van der Waals surface area contributed by atoms with Gasteiger partial charge in [-0.2, -0.15) is 5.10 Å². The zero-order valence-corrected chi connectivity index (χ0v) is 14.2. The number of para-hydroxylation sites is 1. The average Bonchev–Trinajstić information content (AvgIpc) is 2.98. The second-order valence-corrected chi connectivity index (χ2v) is 5.77. The molecule has 3 N–H and O–H groups in total. The Morgan fingerprint density at radius 3 is 2.70 bits per heavy atom. The van der Waals surface area contributed by atoms with E-state index in [1.807, 2.05) is 43.3 Å². The predicted octanol–water partition coefficient (Wildman–Crippen LogP) is 2.75. The fourth-order valence-corrected chi connectivity index (χ4v) is 2.76. The fraction of sp³-hybridized carbons (Fsp3) is 0.0588. The van der Waals surface area contributed by atoms with E-state index >= 15 is 0 Å². The smallest absolute Gasteiger partial charge is 0.353 e. The van der Waals surface area contributed by atoms with Gasteiger partial charge in [0.2, 0.25) is 11.6 Å². The maximum absolute atomic E-state index is 11.2. The Morgan fingerprint density at radius 2 is 1.96 bits per heavy atom. The number of hydrogen-bond donors (Lipinski definition) is 2. The van der Waals surface area contributed by atoms with Crippen molar-refractivity contribution in [2.75, 3.05) is 11.1 Å². The number of nitrogens with zero attached hydrogens (tertiary/aromatic N) is 6. The Hall–Kier alpha value is -4.08. The van der Waals surface area contributed by atoms with Crippen molar-refractivity contribution in [1.29, 1.82) is 0 Å². The number of pyridine rings is 1. The summed E-state index contributed by atoms with van der Waals surface area (Å²) in [7, 11) is 0. The van der Waals surface area contributed by atoms with Gasteiger partial charge in [0.05, 0.1) is 28.2 Å². The molecule has 0 fully saturated rings. The molecule has 0 aliphatic rings. The van der Waals surface area contributed by atoms with Crippen molar-refractivity contribution in [2.45, 2.75) is 6.92 Å². The summed E-state index contributed by atoms with van der Waals surface area (Å²) < 4.78 is 1.75. The predicted molar refractivity (Wildman–Crippen MR) is 100.0 cm³/mol. The van der Waals surface area contributed by atoms with E-state index in [9.17, 15) is 10.1 Å². The second kappa shape index (κ2) is 6.33. The number of nitro groups is 1. The van der Waals surface area contributed by atoms with Crippen molar-refractivity contribution in [3.63, 3.8) is 0 Å². The molecule has 3 heterocycles. The summed E-state index contributed by atoms with van der Waals surface area (Å²) >= 11 is 0. The SMILES string of the molecule is Cc1nn(-c2ccccc2)c2ncc(Nc3ncnc(N)c3[N+](=O)[O-])cc12. The molecule has 0 saturated heterocycles. The molecule has 0 radical (unpaired) electrons. The molecular formula is C17H14N8O2. The van der Waals surface area contributed by atoms with Crippen molar-refractivity contribution in [2.24, 2.45) is 0 Å². The number of fused-ring (bicyclic) bond motifs is 1. The van der Waals surface area contributed by atoms with Gasteiger partial charge in [-0.3, -0.25) is 10.1 Å². The average molecular weight is 362 g/mol. The molecule has 10 heteroatoms. The number of nitrogen functional groups attached to an aromatic ring is 1. The van der Waals surface area contributed by atoms with Gasteiger partial charge in [0, 0.05) is 5.39 Å². The molecule has 0 unspecified atom stereocenters. The quantitative estimate of drug-likeness (QED) is 0.417. The number of aromatic nitrogens is 5. The van der Waals surface area contributed by atoms with Crippen LogP contribution in [0.25, 0.3) is 16.7 Å². The summed E-state index contributed by atoms with van der Waals surface area (Å²) in [6.45, 7) is 1.87. The number of rotatable bonds is 4. The third-order valence-corrected chi connectivity index (χ3v) is 4.00. The lowest BCUT2D eigenvalue weighted by Gasteiger charge is -2.07. The summed E-state index contributed by atoms with van der Waals surface area (Å²) in [4.78, 5) is 22.7. The van der Waals surface area contributed by atoms with Crippen molar-refractivity contribution >= 4 is 34.0 Å². The summed E-state index contributed by atoms with van der Waals surface area (Å²) in [5.41, 5.74) is 8.10. The van der Waals surface area contributed by atoms with Crippen LogP contribution in [0.15, 0.2) is 48.9 Å². The van der Waals surface area contributed by atoms with Crippen LogP contribution in [0.5, 0.6) is 0 Å². The molecule has 0 bridgehead atoms. The van der Waals surface area contributed by atoms with Crippen molar-refractivity contribution in [3.05, 3.63) is 64.7 Å². The van der Waals surface area contributed by atoms with Gasteiger partial charge >= 0.3 is 5.69 Å². The monoisotopic (exact) mass is 362 g/mol. The molecule has 10 nitrogen and oxygen atoms in total. The van der Waals surface area contributed by atoms with Gasteiger partial charge < -0.3 is 11.1 Å². The highest BCUT2D eigenvalue weighted by atomic mass is 16.6. The van der Waals surface area contributed by atoms with Gasteiger partial charge in [0.1, 0.15) is 6.33 Å². The van der Waals surface area contributed by atoms with E-state index in [0.717, 1.165) is 23.1 Å². The van der Waals surface area contributed by atoms with Crippen LogP contribution >= 0.6 is 0 Å². The highest BCUT2D eigenvalue weighted by Crippen LogP contribution is 2.30. The third kappa shape index (κ3) is 2.88. The van der Waals surface area contributed by atoms with Crippen molar-refractivity contribution < 1.29 is 4.92 Å². The molecule has 0 atom stereocenters. The van der Waals surface area contributed by atoms with Gasteiger partial charge in [-0.25, -0.2) is 19.6 Å². The first-order chi connectivity index (χ1) is 13.0. The molecule has 0 spiro atoms. The molecule has 0 aliphatic carbocycles. The van der Waals surface area contributed by atoms with Crippen LogP contribution < -0.4 is 11.1 Å². The van der Waals surface area contributed by atoms with Gasteiger partial charge in [0.25, 0.3) is 0 Å². The molecule has 4 rings (SSSR count). The van der Waals surface area contributed by atoms with E-state index in [0.29, 0.717) is 11.3 Å². The van der Waals surface area contributed by atoms with E-state index in [1.165, 1.54) is 0 Å². The highest BCUT2D eigenvalue weighted by molar-refractivity contribution is 5.84. The van der Waals surface area contributed by atoms with E-state index in [1.54, 1.807) is 10.9 Å². The van der Waals surface area contributed by atoms with Crippen LogP contribution in [0.2, 0.25) is 0 Å². The number of benzene rings is 1. The fourth-order valence-electron chi connectivity index (χ4n) is 2.76. The third-order valence-electron chi connectivity index (χ3n) is 4.00. The maximum Gasteiger partial charge on any atom is 0.353 e. The lowest BCUT2D eigenvalue weighted by molar-refractivity contribution is -0.383. The normalized spacial score (nSPS) is 10.9. The number of anilines is 3. The first-order valence-corrected chi connectivity index (χ1v) is 7.97. The summed E-state index contributed by atoms with van der Waals surface area (Å²) in [5.74, 6) is -0.207. The molecule has 3 aromatic heterocycles. The minimum Gasteiger partial charge on any atom is -0.378 e. The van der Waals surface area contributed by atoms with Gasteiger partial charge in [-0.15, -0.1) is 0 Å². The lowest BCUT2D eigenvalue weighted by atomic mass is 10.2. The Balaban J connectivity index is 1.77. The van der Waals surface area contributed by atoms with Crippen LogP contribution in [0.3, 0.4) is 0 Å². The number of aryl methyl sites for hydroxylation is 1. The van der Waals surface area contributed by atoms with Gasteiger partial charge in [0.15, 0.2) is 5.65 Å². The van der Waals surface area contributed by atoms with Crippen LogP contribution in [-0.2, 0) is 0 Å². The van der Waals surface area contributed by atoms with E-state index < -0.39 is 4.92 Å². The molecule has 1 aromatic carbocycles. The minimum atomic E-state index is -0.623. The lowest BCUT2D eigenvalue weighted by Crippen LogP contribution is -2.05. The topological polar surface area (TPSA) is 138 Å². The first kappa shape index (κ1) is 16.4. The Morgan fingerprint density at radius 1 is 1.19 bits per heavy atom. The van der Waals surface area contributed by atoms with Crippen LogP contribution in [0.4, 0.5) is 23.0 Å². The summed E-state index contributed by atoms with van der Waals surface area (Å²) in [6, 6.07) is 11.5. The van der Waals surface area contributed by atoms with E-state index in [-0.39, 0.29) is 17.3 Å². The molecular weight excluding hydrogens is 348 g/mol. The zero-order chi connectivity index (χ0) is 19.0. The van der Waals surface area contributed by atoms with Gasteiger partial charge in [-0.1, -0.05) is 18.2 Å². The number of nitrogens with two attached hydrogens (primary N) is 1. The summed E-state index contributed by atoms with van der Waals surface area (Å²) in [6.07, 6.45) is 2.72.